The zero-order valence-corrected chi connectivity index (χ0v) is 18.9. The maximum atomic E-state index is 6.08. The predicted octanol–water partition coefficient (Wildman–Crippen LogP) is 5.49. The number of aryl methyl sites for hydroxylation is 1. The molecule has 0 atom stereocenters. The first-order chi connectivity index (χ1) is 13.4. The summed E-state index contributed by atoms with van der Waals surface area (Å²) in [6.45, 7) is 10.2. The zero-order valence-electron chi connectivity index (χ0n) is 17.3. The molecule has 0 aliphatic heterocycles. The molecule has 1 aromatic carbocycles. The van der Waals surface area contributed by atoms with Crippen molar-refractivity contribution in [2.24, 2.45) is 5.92 Å². The Labute approximate surface area is 175 Å². The molecule has 152 valence electrons. The molecule has 0 bridgehead atoms. The van der Waals surface area contributed by atoms with Crippen molar-refractivity contribution < 1.29 is 9.47 Å². The van der Waals surface area contributed by atoms with E-state index in [-0.39, 0.29) is 6.01 Å². The summed E-state index contributed by atoms with van der Waals surface area (Å²) in [5.41, 5.74) is 1.17. The summed E-state index contributed by atoms with van der Waals surface area (Å²) >= 11 is 3.61. The van der Waals surface area contributed by atoms with Crippen molar-refractivity contribution in [2.45, 2.75) is 52.9 Å². The zero-order chi connectivity index (χ0) is 20.3. The fourth-order valence-corrected chi connectivity index (χ4v) is 3.59. The number of halogens is 1. The van der Waals surface area contributed by atoms with Crippen molar-refractivity contribution in [3.63, 3.8) is 0 Å². The molecule has 1 fully saturated rings. The van der Waals surface area contributed by atoms with Crippen LogP contribution in [0.5, 0.6) is 17.5 Å². The molecule has 3 rings (SSSR count). The molecule has 0 radical (unpaired) electrons. The van der Waals surface area contributed by atoms with Crippen LogP contribution in [0.3, 0.4) is 0 Å². The quantitative estimate of drug-likeness (QED) is 0.504. The first-order valence-corrected chi connectivity index (χ1v) is 10.7. The summed E-state index contributed by atoms with van der Waals surface area (Å²) in [6, 6.07) is 4.33. The lowest BCUT2D eigenvalue weighted by Gasteiger charge is -2.22. The highest BCUT2D eigenvalue weighted by Crippen LogP contribution is 2.40. The molecular weight excluding hydrogens is 420 g/mol. The lowest BCUT2D eigenvalue weighted by molar-refractivity contribution is 0.364. The molecule has 1 aromatic heterocycles. The van der Waals surface area contributed by atoms with Crippen LogP contribution in [-0.4, -0.2) is 35.2 Å². The van der Waals surface area contributed by atoms with Gasteiger partial charge in [-0.05, 0) is 71.6 Å². The lowest BCUT2D eigenvalue weighted by Crippen LogP contribution is -2.29. The average molecular weight is 449 g/mol. The lowest BCUT2D eigenvalue weighted by atomic mass is 10.0. The van der Waals surface area contributed by atoms with Crippen LogP contribution in [0, 0.1) is 12.8 Å². The smallest absolute Gasteiger partial charge is 0.327 e. The SMILES string of the molecule is CCCN(CC1CC1)c1nc(C)nc(Oc2c(Br)cc(C(C)C)cc2OC)n1. The normalized spacial score (nSPS) is 13.7. The molecule has 1 saturated carbocycles. The van der Waals surface area contributed by atoms with E-state index in [2.05, 4.69) is 56.6 Å². The van der Waals surface area contributed by atoms with Gasteiger partial charge in [0.05, 0.1) is 11.6 Å². The number of methoxy groups -OCH3 is 1. The van der Waals surface area contributed by atoms with E-state index in [0.717, 1.165) is 29.9 Å². The molecule has 1 aliphatic carbocycles. The second-order valence-electron chi connectivity index (χ2n) is 7.65. The van der Waals surface area contributed by atoms with Crippen molar-refractivity contribution in [3.05, 3.63) is 28.0 Å². The second-order valence-corrected chi connectivity index (χ2v) is 8.50. The topological polar surface area (TPSA) is 60.4 Å². The van der Waals surface area contributed by atoms with Gasteiger partial charge in [0.1, 0.15) is 5.82 Å². The van der Waals surface area contributed by atoms with Crippen LogP contribution in [0.4, 0.5) is 5.95 Å². The molecule has 1 aliphatic rings. The highest BCUT2D eigenvalue weighted by molar-refractivity contribution is 9.10. The van der Waals surface area contributed by atoms with Crippen LogP contribution in [0.1, 0.15) is 57.3 Å². The van der Waals surface area contributed by atoms with E-state index in [4.69, 9.17) is 9.47 Å². The monoisotopic (exact) mass is 448 g/mol. The number of hydrogen-bond acceptors (Lipinski definition) is 6. The third kappa shape index (κ3) is 5.13. The van der Waals surface area contributed by atoms with Gasteiger partial charge in [-0.25, -0.2) is 0 Å². The van der Waals surface area contributed by atoms with Gasteiger partial charge in [0.15, 0.2) is 11.5 Å². The second kappa shape index (κ2) is 9.07. The van der Waals surface area contributed by atoms with E-state index in [1.54, 1.807) is 7.11 Å². The minimum absolute atomic E-state index is 0.288. The molecule has 28 heavy (non-hydrogen) atoms. The molecule has 0 spiro atoms. The molecule has 1 heterocycles. The summed E-state index contributed by atoms with van der Waals surface area (Å²) in [6.07, 6.45) is 3.63. The molecule has 0 amide bonds. The molecule has 0 saturated heterocycles. The van der Waals surface area contributed by atoms with Gasteiger partial charge in [-0.2, -0.15) is 15.0 Å². The van der Waals surface area contributed by atoms with Crippen molar-refractivity contribution in [3.8, 4) is 17.5 Å². The first kappa shape index (κ1) is 20.8. The number of rotatable bonds is 9. The van der Waals surface area contributed by atoms with E-state index in [1.807, 2.05) is 19.1 Å². The highest BCUT2D eigenvalue weighted by Gasteiger charge is 2.26. The van der Waals surface area contributed by atoms with Gasteiger partial charge >= 0.3 is 6.01 Å². The fourth-order valence-electron chi connectivity index (χ4n) is 3.05. The number of ether oxygens (including phenoxy) is 2. The molecule has 0 N–H and O–H groups in total. The van der Waals surface area contributed by atoms with Gasteiger partial charge in [-0.3, -0.25) is 0 Å². The van der Waals surface area contributed by atoms with E-state index >= 15 is 0 Å². The van der Waals surface area contributed by atoms with Crippen molar-refractivity contribution in [1.29, 1.82) is 0 Å². The maximum Gasteiger partial charge on any atom is 0.327 e. The van der Waals surface area contributed by atoms with E-state index in [0.29, 0.717) is 29.2 Å². The van der Waals surface area contributed by atoms with E-state index < -0.39 is 0 Å². The summed E-state index contributed by atoms with van der Waals surface area (Å²) in [7, 11) is 1.64. The van der Waals surface area contributed by atoms with Gasteiger partial charge in [0, 0.05) is 13.1 Å². The Balaban J connectivity index is 1.91. The number of nitrogens with zero attached hydrogens (tertiary/aromatic N) is 4. The van der Waals surface area contributed by atoms with Crippen molar-refractivity contribution in [1.82, 2.24) is 15.0 Å². The maximum absolute atomic E-state index is 6.08. The molecule has 6 nitrogen and oxygen atoms in total. The van der Waals surface area contributed by atoms with Crippen LogP contribution in [0.2, 0.25) is 0 Å². The van der Waals surface area contributed by atoms with Crippen LogP contribution < -0.4 is 14.4 Å². The largest absolute Gasteiger partial charge is 0.493 e. The molecule has 2 aromatic rings. The molecular formula is C21H29BrN4O2. The minimum atomic E-state index is 0.288. The number of anilines is 1. The predicted molar refractivity (Wildman–Crippen MR) is 115 cm³/mol. The average Bonchev–Trinajstić information content (AvgIpc) is 3.46. The number of aromatic nitrogens is 3. The Morgan fingerprint density at radius 3 is 2.57 bits per heavy atom. The van der Waals surface area contributed by atoms with Crippen LogP contribution in [0.15, 0.2) is 16.6 Å². The summed E-state index contributed by atoms with van der Waals surface area (Å²) in [4.78, 5) is 15.8. The third-order valence-corrected chi connectivity index (χ3v) is 5.37. The Morgan fingerprint density at radius 1 is 1.21 bits per heavy atom. The van der Waals surface area contributed by atoms with Gasteiger partial charge < -0.3 is 14.4 Å². The van der Waals surface area contributed by atoms with Gasteiger partial charge in [0.25, 0.3) is 0 Å². The standard InChI is InChI=1S/C21H29BrN4O2/c1-6-9-26(12-15-7-8-15)20-23-14(4)24-21(25-20)28-19-17(22)10-16(13(2)3)11-18(19)27-5/h10-11,13,15H,6-9,12H2,1-5H3. The summed E-state index contributed by atoms with van der Waals surface area (Å²) < 4.78 is 12.5. The first-order valence-electron chi connectivity index (χ1n) is 9.94. The Hall–Kier alpha value is -1.89. The van der Waals surface area contributed by atoms with E-state index in [9.17, 15) is 0 Å². The number of benzene rings is 1. The van der Waals surface area contributed by atoms with E-state index in [1.165, 1.54) is 18.4 Å². The summed E-state index contributed by atoms with van der Waals surface area (Å²) in [5, 5.41) is 0. The van der Waals surface area contributed by atoms with Crippen molar-refractivity contribution in [2.75, 3.05) is 25.1 Å². The molecule has 7 heteroatoms. The summed E-state index contributed by atoms with van der Waals surface area (Å²) in [5.74, 6) is 3.70. The fraction of sp³-hybridized carbons (Fsp3) is 0.571. The van der Waals surface area contributed by atoms with Crippen LogP contribution >= 0.6 is 15.9 Å². The van der Waals surface area contributed by atoms with Crippen molar-refractivity contribution >= 4 is 21.9 Å². The van der Waals surface area contributed by atoms with Gasteiger partial charge in [-0.1, -0.05) is 20.8 Å². The number of hydrogen-bond donors (Lipinski definition) is 0. The van der Waals surface area contributed by atoms with Crippen LogP contribution in [-0.2, 0) is 0 Å². The minimum Gasteiger partial charge on any atom is -0.493 e. The Morgan fingerprint density at radius 2 is 1.96 bits per heavy atom. The third-order valence-electron chi connectivity index (χ3n) is 4.78. The molecule has 0 unspecified atom stereocenters. The Bertz CT molecular complexity index is 824. The Kier molecular flexibility index (Phi) is 6.75. The van der Waals surface area contributed by atoms with Gasteiger partial charge in [-0.15, -0.1) is 0 Å². The highest BCUT2D eigenvalue weighted by atomic mass is 79.9. The van der Waals surface area contributed by atoms with Crippen LogP contribution in [0.25, 0.3) is 0 Å². The van der Waals surface area contributed by atoms with Gasteiger partial charge in [0.2, 0.25) is 5.95 Å².